The summed E-state index contributed by atoms with van der Waals surface area (Å²) in [5, 5.41) is 3.56. The van der Waals surface area contributed by atoms with Gasteiger partial charge in [0.1, 0.15) is 5.02 Å². The number of pyridine rings is 1. The molecule has 0 bridgehead atoms. The Morgan fingerprint density at radius 2 is 2.13 bits per heavy atom. The van der Waals surface area contributed by atoms with E-state index < -0.39 is 6.10 Å². The molecule has 1 aromatic heterocycles. The van der Waals surface area contributed by atoms with Crippen LogP contribution in [0.25, 0.3) is 0 Å². The van der Waals surface area contributed by atoms with Gasteiger partial charge in [-0.2, -0.15) is 0 Å². The molecule has 4 nitrogen and oxygen atoms in total. The maximum atomic E-state index is 12.3. The molecule has 6 heteroatoms. The van der Waals surface area contributed by atoms with Crippen molar-refractivity contribution < 1.29 is 9.53 Å². The molecule has 1 atom stereocenters. The van der Waals surface area contributed by atoms with Crippen molar-refractivity contribution in [2.24, 2.45) is 0 Å². The van der Waals surface area contributed by atoms with Gasteiger partial charge in [0.25, 0.3) is 5.91 Å². The van der Waals surface area contributed by atoms with Crippen LogP contribution in [0.4, 0.5) is 0 Å². The normalized spacial score (nSPS) is 11.8. The average Bonchev–Trinajstić information content (AvgIpc) is 2.52. The molecule has 0 saturated heterocycles. The number of hydrogen-bond donors (Lipinski definition) is 1. The Morgan fingerprint density at radius 3 is 2.78 bits per heavy atom. The zero-order valence-electron chi connectivity index (χ0n) is 13.0. The second kappa shape index (κ2) is 8.18. The lowest BCUT2D eigenvalue weighted by molar-refractivity contribution is -0.128. The van der Waals surface area contributed by atoms with Crippen LogP contribution in [-0.2, 0) is 11.3 Å². The van der Waals surface area contributed by atoms with E-state index >= 15 is 0 Å². The van der Waals surface area contributed by atoms with Gasteiger partial charge in [-0.3, -0.25) is 4.79 Å². The summed E-state index contributed by atoms with van der Waals surface area (Å²) in [5.74, 6) is -0.00422. The number of benzene rings is 1. The first-order valence-electron chi connectivity index (χ1n) is 7.30. The van der Waals surface area contributed by atoms with Crippen LogP contribution >= 0.6 is 23.2 Å². The van der Waals surface area contributed by atoms with Crippen molar-refractivity contribution in [2.45, 2.75) is 32.9 Å². The maximum absolute atomic E-state index is 12.3. The van der Waals surface area contributed by atoms with Gasteiger partial charge >= 0.3 is 0 Å². The van der Waals surface area contributed by atoms with Crippen molar-refractivity contribution in [3.05, 3.63) is 57.7 Å². The van der Waals surface area contributed by atoms with Gasteiger partial charge in [0.2, 0.25) is 5.88 Å². The Morgan fingerprint density at radius 1 is 1.35 bits per heavy atom. The highest BCUT2D eigenvalue weighted by atomic mass is 35.5. The predicted octanol–water partition coefficient (Wildman–Crippen LogP) is 4.17. The number of aromatic nitrogens is 1. The van der Waals surface area contributed by atoms with E-state index in [-0.39, 0.29) is 16.8 Å². The van der Waals surface area contributed by atoms with Gasteiger partial charge in [-0.15, -0.1) is 0 Å². The molecule has 2 aromatic rings. The number of carbonyl (C=O) groups is 1. The zero-order chi connectivity index (χ0) is 16.8. The molecular weight excluding hydrogens is 335 g/mol. The van der Waals surface area contributed by atoms with Crippen LogP contribution in [-0.4, -0.2) is 17.0 Å². The third kappa shape index (κ3) is 5.12. The van der Waals surface area contributed by atoms with E-state index in [0.717, 1.165) is 11.1 Å². The third-order valence-electron chi connectivity index (χ3n) is 3.24. The van der Waals surface area contributed by atoms with E-state index in [9.17, 15) is 4.79 Å². The largest absolute Gasteiger partial charge is 0.463 e. The molecule has 0 aliphatic rings. The quantitative estimate of drug-likeness (QED) is 0.848. The predicted molar refractivity (Wildman–Crippen MR) is 92.0 cm³/mol. The molecule has 122 valence electrons. The summed E-state index contributed by atoms with van der Waals surface area (Å²) in [5.41, 5.74) is 2.19. The summed E-state index contributed by atoms with van der Waals surface area (Å²) in [6.45, 7) is 4.32. The number of ether oxygens (including phenoxy) is 1. The Labute approximate surface area is 145 Å². The maximum Gasteiger partial charge on any atom is 0.261 e. The Hall–Kier alpha value is -1.78. The lowest BCUT2D eigenvalue weighted by Gasteiger charge is -2.17. The Bertz CT molecular complexity index is 692. The minimum Gasteiger partial charge on any atom is -0.463 e. The summed E-state index contributed by atoms with van der Waals surface area (Å²) in [7, 11) is 0. The minimum absolute atomic E-state index is 0.202. The first-order valence-corrected chi connectivity index (χ1v) is 8.06. The fourth-order valence-corrected chi connectivity index (χ4v) is 2.50. The van der Waals surface area contributed by atoms with Crippen LogP contribution in [0.3, 0.4) is 0 Å². The number of amides is 1. The number of nitrogens with zero attached hydrogens (tertiary/aromatic N) is 1. The van der Waals surface area contributed by atoms with Gasteiger partial charge in [0.05, 0.1) is 5.02 Å². The molecule has 0 radical (unpaired) electrons. The summed E-state index contributed by atoms with van der Waals surface area (Å²) in [4.78, 5) is 16.3. The van der Waals surface area contributed by atoms with E-state index in [0.29, 0.717) is 18.0 Å². The fourth-order valence-electron chi connectivity index (χ4n) is 2.07. The highest BCUT2D eigenvalue weighted by Gasteiger charge is 2.20. The number of carbonyl (C=O) groups excluding carboxylic acids is 1. The van der Waals surface area contributed by atoms with Gasteiger partial charge < -0.3 is 10.1 Å². The number of nitrogens with one attached hydrogen (secondary N) is 1. The summed E-state index contributed by atoms with van der Waals surface area (Å²) in [6.07, 6.45) is 1.27. The van der Waals surface area contributed by atoms with Crippen LogP contribution in [0.5, 0.6) is 5.88 Å². The van der Waals surface area contributed by atoms with Crippen molar-refractivity contribution >= 4 is 29.1 Å². The molecule has 23 heavy (non-hydrogen) atoms. The SMILES string of the molecule is CCC(Oc1ncc(Cl)cc1Cl)C(=O)NCc1cccc(C)c1. The topological polar surface area (TPSA) is 51.2 Å². The van der Waals surface area contributed by atoms with Crippen LogP contribution in [0.15, 0.2) is 36.5 Å². The Kier molecular flexibility index (Phi) is 6.25. The van der Waals surface area contributed by atoms with Crippen LogP contribution < -0.4 is 10.1 Å². The molecular formula is C17H18Cl2N2O2. The molecule has 1 heterocycles. The van der Waals surface area contributed by atoms with Crippen molar-refractivity contribution in [2.75, 3.05) is 0 Å². The summed E-state index contributed by atoms with van der Waals surface area (Å²) >= 11 is 11.8. The smallest absolute Gasteiger partial charge is 0.261 e. The van der Waals surface area contributed by atoms with E-state index in [2.05, 4.69) is 10.3 Å². The number of aryl methyl sites for hydroxylation is 1. The van der Waals surface area contributed by atoms with Gasteiger partial charge in [0.15, 0.2) is 6.10 Å². The highest BCUT2D eigenvalue weighted by Crippen LogP contribution is 2.25. The van der Waals surface area contributed by atoms with Gasteiger partial charge in [-0.25, -0.2) is 4.98 Å². The molecule has 1 amide bonds. The van der Waals surface area contributed by atoms with Crippen molar-refractivity contribution in [3.63, 3.8) is 0 Å². The second-order valence-corrected chi connectivity index (χ2v) is 6.01. The first kappa shape index (κ1) is 17.6. The zero-order valence-corrected chi connectivity index (χ0v) is 14.5. The molecule has 1 aromatic carbocycles. The van der Waals surface area contributed by atoms with Gasteiger partial charge in [0, 0.05) is 12.7 Å². The molecule has 1 unspecified atom stereocenters. The summed E-state index contributed by atoms with van der Waals surface area (Å²) < 4.78 is 5.61. The average molecular weight is 353 g/mol. The van der Waals surface area contributed by atoms with E-state index in [1.807, 2.05) is 38.1 Å². The number of rotatable bonds is 6. The van der Waals surface area contributed by atoms with Crippen LogP contribution in [0, 0.1) is 6.92 Å². The molecule has 0 aliphatic heterocycles. The number of hydrogen-bond acceptors (Lipinski definition) is 3. The van der Waals surface area contributed by atoms with Gasteiger partial charge in [-0.05, 0) is 25.0 Å². The lowest BCUT2D eigenvalue weighted by Crippen LogP contribution is -2.37. The van der Waals surface area contributed by atoms with E-state index in [4.69, 9.17) is 27.9 Å². The van der Waals surface area contributed by atoms with E-state index in [1.54, 1.807) is 0 Å². The van der Waals surface area contributed by atoms with Gasteiger partial charge in [-0.1, -0.05) is 60.0 Å². The minimum atomic E-state index is -0.661. The van der Waals surface area contributed by atoms with Crippen LogP contribution in [0.1, 0.15) is 24.5 Å². The molecule has 0 saturated carbocycles. The molecule has 0 spiro atoms. The third-order valence-corrected chi connectivity index (χ3v) is 3.72. The first-order chi connectivity index (χ1) is 11.0. The fraction of sp³-hybridized carbons (Fsp3) is 0.294. The standard InChI is InChI=1S/C17H18Cl2N2O2/c1-3-15(23-17-14(19)8-13(18)10-21-17)16(22)20-9-12-6-4-5-11(2)7-12/h4-8,10,15H,3,9H2,1-2H3,(H,20,22). The monoisotopic (exact) mass is 352 g/mol. The van der Waals surface area contributed by atoms with Crippen molar-refractivity contribution in [1.82, 2.24) is 10.3 Å². The van der Waals surface area contributed by atoms with E-state index in [1.165, 1.54) is 12.3 Å². The van der Waals surface area contributed by atoms with Crippen LogP contribution in [0.2, 0.25) is 10.0 Å². The Balaban J connectivity index is 1.98. The highest BCUT2D eigenvalue weighted by molar-refractivity contribution is 6.35. The molecule has 1 N–H and O–H groups in total. The molecule has 0 fully saturated rings. The van der Waals surface area contributed by atoms with Crippen molar-refractivity contribution in [3.8, 4) is 5.88 Å². The molecule has 0 aliphatic carbocycles. The number of halogens is 2. The summed E-state index contributed by atoms with van der Waals surface area (Å²) in [6, 6.07) is 9.49. The van der Waals surface area contributed by atoms with Crippen molar-refractivity contribution in [1.29, 1.82) is 0 Å². The molecule has 2 rings (SSSR count). The lowest BCUT2D eigenvalue weighted by atomic mass is 10.1. The second-order valence-electron chi connectivity index (χ2n) is 5.16.